The van der Waals surface area contributed by atoms with E-state index in [0.29, 0.717) is 0 Å². The summed E-state index contributed by atoms with van der Waals surface area (Å²) in [5.74, 6) is 0.942. The van der Waals surface area contributed by atoms with E-state index in [1.807, 2.05) is 18.2 Å². The number of aromatic amines is 1. The molecule has 0 saturated heterocycles. The highest BCUT2D eigenvalue weighted by Crippen LogP contribution is 2.21. The van der Waals surface area contributed by atoms with Crippen LogP contribution in [0.25, 0.3) is 22.4 Å². The quantitative estimate of drug-likeness (QED) is 0.763. The summed E-state index contributed by atoms with van der Waals surface area (Å²) < 4.78 is 0. The molecule has 0 fully saturated rings. The zero-order chi connectivity index (χ0) is 14.7. The van der Waals surface area contributed by atoms with Crippen LogP contribution in [0.1, 0.15) is 19.4 Å². The van der Waals surface area contributed by atoms with Crippen LogP contribution in [0.3, 0.4) is 0 Å². The Labute approximate surface area is 125 Å². The predicted octanol–water partition coefficient (Wildman–Crippen LogP) is 4.07. The van der Waals surface area contributed by atoms with Gasteiger partial charge in [0.2, 0.25) is 0 Å². The van der Waals surface area contributed by atoms with Crippen molar-refractivity contribution >= 4 is 11.0 Å². The van der Waals surface area contributed by atoms with Crippen molar-refractivity contribution in [2.24, 2.45) is 0 Å². The summed E-state index contributed by atoms with van der Waals surface area (Å²) in [5, 5.41) is 0. The Balaban J connectivity index is 1.91. The molecule has 0 aliphatic heterocycles. The largest absolute Gasteiger partial charge is 0.338 e. The first-order chi connectivity index (χ1) is 10.3. The fourth-order valence-corrected chi connectivity index (χ4v) is 2.61. The van der Waals surface area contributed by atoms with Gasteiger partial charge in [-0.3, -0.25) is 4.90 Å². The first kappa shape index (κ1) is 13.8. The highest BCUT2D eigenvalue weighted by molar-refractivity contribution is 5.79. The summed E-state index contributed by atoms with van der Waals surface area (Å²) in [7, 11) is 0. The maximum Gasteiger partial charge on any atom is 0.138 e. The molecule has 0 aliphatic carbocycles. The normalized spacial score (nSPS) is 11.4. The molecule has 0 unspecified atom stereocenters. The third-order valence-electron chi connectivity index (χ3n) is 3.89. The molecule has 0 aliphatic rings. The van der Waals surface area contributed by atoms with Gasteiger partial charge in [-0.05, 0) is 36.9 Å². The van der Waals surface area contributed by atoms with E-state index in [0.717, 1.165) is 42.1 Å². The van der Waals surface area contributed by atoms with Crippen molar-refractivity contribution < 1.29 is 0 Å². The van der Waals surface area contributed by atoms with Gasteiger partial charge in [-0.2, -0.15) is 0 Å². The molecule has 1 N–H and O–H groups in total. The Kier molecular flexibility index (Phi) is 4.02. The molecule has 1 heterocycles. The van der Waals surface area contributed by atoms with Crippen molar-refractivity contribution in [3.63, 3.8) is 0 Å². The highest BCUT2D eigenvalue weighted by atomic mass is 15.1. The number of H-pyrrole nitrogens is 1. The number of nitrogens with one attached hydrogen (secondary N) is 1. The maximum absolute atomic E-state index is 4.67. The summed E-state index contributed by atoms with van der Waals surface area (Å²) in [6.07, 6.45) is 0. The van der Waals surface area contributed by atoms with E-state index in [4.69, 9.17) is 0 Å². The van der Waals surface area contributed by atoms with Crippen LogP contribution in [0.15, 0.2) is 48.5 Å². The molecular formula is C18H21N3. The maximum atomic E-state index is 4.67. The van der Waals surface area contributed by atoms with Gasteiger partial charge in [-0.15, -0.1) is 0 Å². The van der Waals surface area contributed by atoms with Gasteiger partial charge in [0.15, 0.2) is 0 Å². The standard InChI is InChI=1S/C18H21N3/c1-3-21(4-2)13-14-8-7-9-15(12-14)18-19-16-10-5-6-11-17(16)20-18/h5-12H,3-4,13H2,1-2H3,(H,19,20). The van der Waals surface area contributed by atoms with Crippen LogP contribution < -0.4 is 0 Å². The third kappa shape index (κ3) is 2.98. The van der Waals surface area contributed by atoms with Gasteiger partial charge in [0.25, 0.3) is 0 Å². The second-order valence-electron chi connectivity index (χ2n) is 5.26. The number of fused-ring (bicyclic) bond motifs is 1. The molecule has 0 bridgehead atoms. The Bertz CT molecular complexity index is 693. The number of hydrogen-bond acceptors (Lipinski definition) is 2. The van der Waals surface area contributed by atoms with Crippen LogP contribution in [0.2, 0.25) is 0 Å². The predicted molar refractivity (Wildman–Crippen MR) is 88.2 cm³/mol. The van der Waals surface area contributed by atoms with Crippen LogP contribution in [0, 0.1) is 0 Å². The fraction of sp³-hybridized carbons (Fsp3) is 0.278. The van der Waals surface area contributed by atoms with Gasteiger partial charge in [0, 0.05) is 12.1 Å². The smallest absolute Gasteiger partial charge is 0.138 e. The lowest BCUT2D eigenvalue weighted by atomic mass is 10.1. The monoisotopic (exact) mass is 279 g/mol. The van der Waals surface area contributed by atoms with Gasteiger partial charge >= 0.3 is 0 Å². The van der Waals surface area contributed by atoms with Gasteiger partial charge in [0.1, 0.15) is 5.82 Å². The molecular weight excluding hydrogens is 258 g/mol. The average molecular weight is 279 g/mol. The fourth-order valence-electron chi connectivity index (χ4n) is 2.61. The molecule has 108 valence electrons. The van der Waals surface area contributed by atoms with E-state index in [1.165, 1.54) is 5.56 Å². The molecule has 3 rings (SSSR count). The number of para-hydroxylation sites is 2. The van der Waals surface area contributed by atoms with Crippen LogP contribution in [-0.4, -0.2) is 28.0 Å². The average Bonchev–Trinajstić information content (AvgIpc) is 2.97. The van der Waals surface area contributed by atoms with Gasteiger partial charge in [-0.1, -0.05) is 44.2 Å². The van der Waals surface area contributed by atoms with E-state index in [1.54, 1.807) is 0 Å². The number of aromatic nitrogens is 2. The summed E-state index contributed by atoms with van der Waals surface area (Å²) in [5.41, 5.74) is 4.58. The molecule has 21 heavy (non-hydrogen) atoms. The minimum absolute atomic E-state index is 0.942. The molecule has 3 heteroatoms. The summed E-state index contributed by atoms with van der Waals surface area (Å²) in [6, 6.07) is 16.8. The van der Waals surface area contributed by atoms with Crippen molar-refractivity contribution in [3.8, 4) is 11.4 Å². The number of nitrogens with zero attached hydrogens (tertiary/aromatic N) is 2. The minimum Gasteiger partial charge on any atom is -0.338 e. The lowest BCUT2D eigenvalue weighted by Gasteiger charge is -2.18. The van der Waals surface area contributed by atoms with Crippen LogP contribution >= 0.6 is 0 Å². The van der Waals surface area contributed by atoms with E-state index in [2.05, 4.69) is 59.0 Å². The number of imidazole rings is 1. The minimum atomic E-state index is 0.942. The molecule has 2 aromatic carbocycles. The summed E-state index contributed by atoms with van der Waals surface area (Å²) >= 11 is 0. The highest BCUT2D eigenvalue weighted by Gasteiger charge is 2.07. The Morgan fingerprint density at radius 1 is 1.00 bits per heavy atom. The SMILES string of the molecule is CCN(CC)Cc1cccc(-c2nc3ccccc3[nH]2)c1. The summed E-state index contributed by atoms with van der Waals surface area (Å²) in [6.45, 7) is 7.54. The number of hydrogen-bond donors (Lipinski definition) is 1. The first-order valence-electron chi connectivity index (χ1n) is 7.56. The first-order valence-corrected chi connectivity index (χ1v) is 7.56. The van der Waals surface area contributed by atoms with Gasteiger partial charge in [0.05, 0.1) is 11.0 Å². The topological polar surface area (TPSA) is 31.9 Å². The molecule has 0 spiro atoms. The zero-order valence-corrected chi connectivity index (χ0v) is 12.6. The molecule has 1 aromatic heterocycles. The zero-order valence-electron chi connectivity index (χ0n) is 12.6. The molecule has 3 aromatic rings. The van der Waals surface area contributed by atoms with Crippen molar-refractivity contribution in [1.82, 2.24) is 14.9 Å². The van der Waals surface area contributed by atoms with Crippen molar-refractivity contribution in [2.45, 2.75) is 20.4 Å². The molecule has 0 amide bonds. The lowest BCUT2D eigenvalue weighted by Crippen LogP contribution is -2.22. The van der Waals surface area contributed by atoms with Crippen LogP contribution in [0.5, 0.6) is 0 Å². The Hall–Kier alpha value is -2.13. The molecule has 0 radical (unpaired) electrons. The summed E-state index contributed by atoms with van der Waals surface area (Å²) in [4.78, 5) is 10.5. The van der Waals surface area contributed by atoms with Crippen molar-refractivity contribution in [2.75, 3.05) is 13.1 Å². The van der Waals surface area contributed by atoms with Gasteiger partial charge in [-0.25, -0.2) is 4.98 Å². The van der Waals surface area contributed by atoms with Crippen LogP contribution in [0.4, 0.5) is 0 Å². The molecule has 3 nitrogen and oxygen atoms in total. The van der Waals surface area contributed by atoms with Crippen molar-refractivity contribution in [1.29, 1.82) is 0 Å². The van der Waals surface area contributed by atoms with E-state index >= 15 is 0 Å². The number of rotatable bonds is 5. The third-order valence-corrected chi connectivity index (χ3v) is 3.89. The second kappa shape index (κ2) is 6.10. The molecule has 0 saturated carbocycles. The van der Waals surface area contributed by atoms with E-state index in [9.17, 15) is 0 Å². The van der Waals surface area contributed by atoms with E-state index in [-0.39, 0.29) is 0 Å². The Morgan fingerprint density at radius 2 is 1.81 bits per heavy atom. The molecule has 0 atom stereocenters. The second-order valence-corrected chi connectivity index (χ2v) is 5.26. The lowest BCUT2D eigenvalue weighted by molar-refractivity contribution is 0.296. The van der Waals surface area contributed by atoms with Crippen LogP contribution in [-0.2, 0) is 6.54 Å². The Morgan fingerprint density at radius 3 is 2.57 bits per heavy atom. The van der Waals surface area contributed by atoms with Crippen molar-refractivity contribution in [3.05, 3.63) is 54.1 Å². The number of benzene rings is 2. The van der Waals surface area contributed by atoms with Gasteiger partial charge < -0.3 is 4.98 Å². The van der Waals surface area contributed by atoms with E-state index < -0.39 is 0 Å².